The summed E-state index contributed by atoms with van der Waals surface area (Å²) < 4.78 is 0.438. The predicted octanol–water partition coefficient (Wildman–Crippen LogP) is 2.23. The third-order valence-electron chi connectivity index (χ3n) is 11.3. The van der Waals surface area contributed by atoms with Gasteiger partial charge in [0.05, 0.1) is 12.2 Å². The summed E-state index contributed by atoms with van der Waals surface area (Å²) >= 11 is 0. The molecule has 0 spiro atoms. The molecule has 0 amide bonds. The molecule has 12 heteroatoms. The topological polar surface area (TPSA) is 190 Å². The van der Waals surface area contributed by atoms with Gasteiger partial charge in [-0.1, -0.05) is 24.4 Å². The van der Waals surface area contributed by atoms with Gasteiger partial charge in [-0.25, -0.2) is 4.73 Å². The number of carbonyl (C=O) groups excluding carboxylic acids is 2. The van der Waals surface area contributed by atoms with Crippen LogP contribution in [-0.4, -0.2) is 63.3 Å². The van der Waals surface area contributed by atoms with Gasteiger partial charge < -0.3 is 36.9 Å². The summed E-state index contributed by atoms with van der Waals surface area (Å²) in [6.07, 6.45) is 9.27. The molecule has 0 unspecified atom stereocenters. The van der Waals surface area contributed by atoms with E-state index in [0.717, 1.165) is 51.6 Å². The molecule has 2 heterocycles. The molecule has 1 aromatic rings. The summed E-state index contributed by atoms with van der Waals surface area (Å²) in [6, 6.07) is 1.58. The van der Waals surface area contributed by atoms with Gasteiger partial charge in [0.25, 0.3) is 0 Å². The first kappa shape index (κ1) is 32.6. The van der Waals surface area contributed by atoms with Crippen LogP contribution in [0.3, 0.4) is 0 Å². The number of carbonyl (C=O) groups is 2. The zero-order valence-corrected chi connectivity index (χ0v) is 26.3. The number of aromatic nitrogens is 2. The molecule has 5 aliphatic rings. The van der Waals surface area contributed by atoms with Crippen LogP contribution in [0, 0.1) is 33.8 Å². The Morgan fingerprint density at radius 1 is 1.17 bits per heavy atom. The van der Waals surface area contributed by atoms with Crippen LogP contribution in [0.5, 0.6) is 0 Å². The molecular formula is C30H46BrN5O6. The second-order valence-electron chi connectivity index (χ2n) is 13.3. The SMILES string of the molecule is Br.C[C@]12CCC(=O)C=C1CC[C@@H]1[C@@H]2[C@@H](O)C[C@@]2(C)[C@H]1CC[C@]2(O)C(=O)CO.Nc1cc(N2CCCCC2)nc(N)[n+]1[O-]. The van der Waals surface area contributed by atoms with E-state index in [1.165, 1.54) is 12.0 Å². The predicted molar refractivity (Wildman–Crippen MR) is 164 cm³/mol. The average molecular weight is 653 g/mol. The number of rotatable bonds is 3. The molecule has 4 fully saturated rings. The highest BCUT2D eigenvalue weighted by Gasteiger charge is 2.68. The monoisotopic (exact) mass is 651 g/mol. The molecule has 0 bridgehead atoms. The van der Waals surface area contributed by atoms with Gasteiger partial charge in [0.1, 0.15) is 12.2 Å². The van der Waals surface area contributed by atoms with Crippen molar-refractivity contribution in [2.45, 2.75) is 89.8 Å². The highest BCUT2D eigenvalue weighted by molar-refractivity contribution is 8.93. The Kier molecular flexibility index (Phi) is 9.33. The number of fused-ring (bicyclic) bond motifs is 5. The van der Waals surface area contributed by atoms with Crippen LogP contribution in [-0.2, 0) is 9.59 Å². The molecule has 234 valence electrons. The molecule has 42 heavy (non-hydrogen) atoms. The van der Waals surface area contributed by atoms with Crippen LogP contribution in [0.25, 0.3) is 0 Å². The number of nitrogens with two attached hydrogens (primary N) is 2. The Bertz CT molecular complexity index is 1220. The number of piperidine rings is 1. The number of nitrogen functional groups attached to an aromatic ring is 2. The standard InChI is InChI=1S/C21H30O5.C9H15N5O.BrH/c1-19-7-5-13(23)9-12(19)3-4-14-15-6-8-21(26,17(25)11-22)20(15,2)10-16(24)18(14)19;10-7-6-8(12-9(11)14(7)15)13-4-2-1-3-5-13;/h9,14-16,18,22,24,26H,3-8,10-11H2,1-2H3;6H,1-5,10H2,(H2,11,12);1H/t14-,15-,16-,18+,19-,20-,21-;;/m0../s1. The van der Waals surface area contributed by atoms with Crippen molar-refractivity contribution in [1.82, 2.24) is 4.98 Å². The lowest BCUT2D eigenvalue weighted by atomic mass is 9.45. The quantitative estimate of drug-likeness (QED) is 0.239. The average Bonchev–Trinajstić information content (AvgIpc) is 3.22. The molecule has 0 radical (unpaired) electrons. The molecule has 1 aromatic heterocycles. The van der Waals surface area contributed by atoms with Gasteiger partial charge in [0, 0.05) is 24.9 Å². The summed E-state index contributed by atoms with van der Waals surface area (Å²) in [7, 11) is 0. The number of halogens is 1. The maximum Gasteiger partial charge on any atom is 0.346 e. The van der Waals surface area contributed by atoms with Crippen LogP contribution in [0.15, 0.2) is 17.7 Å². The zero-order valence-electron chi connectivity index (χ0n) is 24.6. The lowest BCUT2D eigenvalue weighted by Crippen LogP contribution is -2.62. The van der Waals surface area contributed by atoms with Gasteiger partial charge in [0.15, 0.2) is 23.2 Å². The first-order valence-electron chi connectivity index (χ1n) is 15.0. The minimum absolute atomic E-state index is 0. The van der Waals surface area contributed by atoms with E-state index in [-0.39, 0.29) is 57.7 Å². The van der Waals surface area contributed by atoms with Crippen molar-refractivity contribution in [3.8, 4) is 0 Å². The van der Waals surface area contributed by atoms with Gasteiger partial charge in [-0.3, -0.25) is 9.59 Å². The summed E-state index contributed by atoms with van der Waals surface area (Å²) in [5.41, 5.74) is 9.76. The van der Waals surface area contributed by atoms with E-state index in [2.05, 4.69) is 16.8 Å². The van der Waals surface area contributed by atoms with Gasteiger partial charge in [-0.15, -0.1) is 17.0 Å². The molecule has 0 aromatic carbocycles. The lowest BCUT2D eigenvalue weighted by Gasteiger charge is -2.60. The van der Waals surface area contributed by atoms with E-state index in [1.807, 2.05) is 6.92 Å². The highest BCUT2D eigenvalue weighted by Crippen LogP contribution is 2.67. The van der Waals surface area contributed by atoms with E-state index >= 15 is 0 Å². The molecule has 7 N–H and O–H groups in total. The lowest BCUT2D eigenvalue weighted by molar-refractivity contribution is -0.576. The van der Waals surface area contributed by atoms with Gasteiger partial charge >= 0.3 is 5.95 Å². The second kappa shape index (κ2) is 12.0. The van der Waals surface area contributed by atoms with E-state index in [0.29, 0.717) is 29.8 Å². The van der Waals surface area contributed by atoms with Gasteiger partial charge in [0.2, 0.25) is 0 Å². The maximum absolute atomic E-state index is 12.4. The number of hydrogen-bond donors (Lipinski definition) is 5. The zero-order chi connectivity index (χ0) is 29.7. The van der Waals surface area contributed by atoms with Crippen molar-refractivity contribution in [1.29, 1.82) is 0 Å². The Labute approximate surface area is 257 Å². The summed E-state index contributed by atoms with van der Waals surface area (Å²) in [5.74, 6) is 0.858. The number of allylic oxidation sites excluding steroid dienone is 1. The van der Waals surface area contributed by atoms with Crippen LogP contribution in [0.1, 0.15) is 78.1 Å². The minimum Gasteiger partial charge on any atom is -0.754 e. The van der Waals surface area contributed by atoms with Crippen molar-refractivity contribution < 1.29 is 29.6 Å². The third-order valence-corrected chi connectivity index (χ3v) is 11.3. The molecule has 3 saturated carbocycles. The largest absolute Gasteiger partial charge is 0.754 e. The molecular weight excluding hydrogens is 606 g/mol. The van der Waals surface area contributed by atoms with Crippen molar-refractivity contribution in [2.75, 3.05) is 36.1 Å². The smallest absolute Gasteiger partial charge is 0.346 e. The molecule has 6 rings (SSSR count). The molecule has 7 atom stereocenters. The van der Waals surface area contributed by atoms with E-state index < -0.39 is 29.5 Å². The van der Waals surface area contributed by atoms with Crippen molar-refractivity contribution in [3.05, 3.63) is 22.9 Å². The van der Waals surface area contributed by atoms with E-state index in [9.17, 15) is 30.1 Å². The number of nitrogens with zero attached hydrogens (tertiary/aromatic N) is 3. The molecule has 1 saturated heterocycles. The first-order valence-corrected chi connectivity index (χ1v) is 15.0. The fourth-order valence-corrected chi connectivity index (χ4v) is 9.08. The Morgan fingerprint density at radius 2 is 1.86 bits per heavy atom. The Balaban J connectivity index is 0.000000216. The summed E-state index contributed by atoms with van der Waals surface area (Å²) in [4.78, 5) is 30.4. The Morgan fingerprint density at radius 3 is 2.50 bits per heavy atom. The number of aliphatic hydroxyl groups is 3. The molecule has 4 aliphatic carbocycles. The first-order chi connectivity index (χ1) is 19.4. The number of Topliss-reactive ketones (excluding diaryl/α,β-unsaturated/α-hetero) is 1. The second-order valence-corrected chi connectivity index (χ2v) is 13.3. The van der Waals surface area contributed by atoms with Crippen LogP contribution >= 0.6 is 17.0 Å². The van der Waals surface area contributed by atoms with Crippen molar-refractivity contribution >= 4 is 46.1 Å². The fraction of sp³-hybridized carbons (Fsp3) is 0.733. The van der Waals surface area contributed by atoms with Gasteiger partial charge in [-0.2, -0.15) is 0 Å². The number of anilines is 3. The van der Waals surface area contributed by atoms with Gasteiger partial charge in [-0.05, 0) is 87.0 Å². The van der Waals surface area contributed by atoms with E-state index in [1.54, 1.807) is 12.1 Å². The van der Waals surface area contributed by atoms with Crippen molar-refractivity contribution in [2.24, 2.45) is 28.6 Å². The van der Waals surface area contributed by atoms with Crippen LogP contribution in [0.4, 0.5) is 17.6 Å². The number of hydrogen-bond acceptors (Lipinski definition) is 10. The summed E-state index contributed by atoms with van der Waals surface area (Å²) in [6.45, 7) is 5.36. The van der Waals surface area contributed by atoms with Crippen molar-refractivity contribution in [3.63, 3.8) is 0 Å². The summed E-state index contributed by atoms with van der Waals surface area (Å²) in [5, 5.41) is 42.9. The normalized spacial score (nSPS) is 37.2. The fourth-order valence-electron chi connectivity index (χ4n) is 9.08. The Hall–Kier alpha value is -2.28. The minimum atomic E-state index is -1.54. The van der Waals surface area contributed by atoms with E-state index in [4.69, 9.17) is 11.5 Å². The number of ketones is 2. The molecule has 1 aliphatic heterocycles. The third kappa shape index (κ3) is 5.22. The number of aliphatic hydroxyl groups excluding tert-OH is 2. The van der Waals surface area contributed by atoms with Crippen LogP contribution < -0.4 is 21.1 Å². The highest BCUT2D eigenvalue weighted by atomic mass is 79.9. The van der Waals surface area contributed by atoms with Crippen LogP contribution in [0.2, 0.25) is 0 Å². The molecule has 11 nitrogen and oxygen atoms in total. The maximum atomic E-state index is 12.4.